The van der Waals surface area contributed by atoms with Gasteiger partial charge in [0.15, 0.2) is 18.1 Å². The third-order valence-electron chi connectivity index (χ3n) is 4.72. The van der Waals surface area contributed by atoms with Gasteiger partial charge in [-0.25, -0.2) is 8.42 Å². The normalized spacial score (nSPS) is 10.8. The third kappa shape index (κ3) is 6.04. The van der Waals surface area contributed by atoms with E-state index in [1.165, 1.54) is 31.3 Å². The highest BCUT2D eigenvalue weighted by Crippen LogP contribution is 2.26. The van der Waals surface area contributed by atoms with Crippen molar-refractivity contribution in [2.75, 3.05) is 24.6 Å². The Morgan fingerprint density at radius 2 is 1.41 bits per heavy atom. The van der Waals surface area contributed by atoms with E-state index in [9.17, 15) is 18.0 Å². The minimum atomic E-state index is -3.80. The predicted molar refractivity (Wildman–Crippen MR) is 127 cm³/mol. The van der Waals surface area contributed by atoms with Crippen molar-refractivity contribution < 1.29 is 27.5 Å². The van der Waals surface area contributed by atoms with Crippen LogP contribution in [0.5, 0.6) is 11.5 Å². The van der Waals surface area contributed by atoms with Gasteiger partial charge in [0.25, 0.3) is 21.8 Å². The van der Waals surface area contributed by atoms with Crippen LogP contribution in [0.15, 0.2) is 83.8 Å². The Hall–Kier alpha value is -4.05. The molecule has 10 heteroatoms. The van der Waals surface area contributed by atoms with Gasteiger partial charge in [-0.1, -0.05) is 30.3 Å². The van der Waals surface area contributed by atoms with E-state index in [0.29, 0.717) is 23.8 Å². The van der Waals surface area contributed by atoms with Crippen molar-refractivity contribution in [3.63, 3.8) is 0 Å². The third-order valence-corrected chi connectivity index (χ3v) is 6.52. The van der Waals surface area contributed by atoms with Gasteiger partial charge in [0.2, 0.25) is 0 Å². The summed E-state index contributed by atoms with van der Waals surface area (Å²) in [5.74, 6) is -0.273. The lowest BCUT2D eigenvalue weighted by Gasteiger charge is -2.19. The van der Waals surface area contributed by atoms with Gasteiger partial charge in [-0.2, -0.15) is 0 Å². The zero-order valence-electron chi connectivity index (χ0n) is 18.7. The van der Waals surface area contributed by atoms with Gasteiger partial charge in [-0.3, -0.25) is 24.7 Å². The highest BCUT2D eigenvalue weighted by Gasteiger charge is 2.21. The molecule has 0 heterocycles. The molecule has 2 amide bonds. The number of benzene rings is 3. The van der Waals surface area contributed by atoms with E-state index in [1.807, 2.05) is 6.92 Å². The van der Waals surface area contributed by atoms with E-state index in [1.54, 1.807) is 54.6 Å². The minimum absolute atomic E-state index is 0.0285. The number of para-hydroxylation sites is 3. The number of hydrogen-bond acceptors (Lipinski definition) is 6. The zero-order valence-corrected chi connectivity index (χ0v) is 19.5. The lowest BCUT2D eigenvalue weighted by molar-refractivity contribution is -0.123. The van der Waals surface area contributed by atoms with Crippen LogP contribution in [0.25, 0.3) is 0 Å². The van der Waals surface area contributed by atoms with E-state index < -0.39 is 21.8 Å². The fourth-order valence-corrected chi connectivity index (χ4v) is 4.13. The molecule has 0 aliphatic heterocycles. The number of ether oxygens (including phenoxy) is 2. The van der Waals surface area contributed by atoms with Crippen molar-refractivity contribution in [3.8, 4) is 11.5 Å². The minimum Gasteiger partial charge on any atom is -0.490 e. The van der Waals surface area contributed by atoms with Gasteiger partial charge < -0.3 is 9.47 Å². The van der Waals surface area contributed by atoms with Crippen LogP contribution in [0.3, 0.4) is 0 Å². The van der Waals surface area contributed by atoms with Gasteiger partial charge in [0.05, 0.1) is 17.2 Å². The molecule has 34 heavy (non-hydrogen) atoms. The second-order valence-corrected chi connectivity index (χ2v) is 8.97. The molecule has 3 aromatic rings. The highest BCUT2D eigenvalue weighted by atomic mass is 32.2. The molecule has 178 valence electrons. The molecule has 0 aromatic heterocycles. The Labute approximate surface area is 198 Å². The number of nitrogens with one attached hydrogen (secondary N) is 2. The lowest BCUT2D eigenvalue weighted by Crippen LogP contribution is -2.43. The predicted octanol–water partition coefficient (Wildman–Crippen LogP) is 2.75. The molecular formula is C24H25N3O6S. The summed E-state index contributed by atoms with van der Waals surface area (Å²) in [4.78, 5) is 24.4. The maximum Gasteiger partial charge on any atom is 0.276 e. The molecule has 0 saturated carbocycles. The summed E-state index contributed by atoms with van der Waals surface area (Å²) in [6.45, 7) is 1.95. The van der Waals surface area contributed by atoms with Crippen molar-refractivity contribution in [2.45, 2.75) is 11.8 Å². The number of hydrazine groups is 1. The summed E-state index contributed by atoms with van der Waals surface area (Å²) < 4.78 is 37.7. The maximum atomic E-state index is 12.8. The lowest BCUT2D eigenvalue weighted by atomic mass is 10.2. The van der Waals surface area contributed by atoms with E-state index in [-0.39, 0.29) is 17.1 Å². The summed E-state index contributed by atoms with van der Waals surface area (Å²) in [6.07, 6.45) is 0. The van der Waals surface area contributed by atoms with Crippen LogP contribution in [0.4, 0.5) is 5.69 Å². The van der Waals surface area contributed by atoms with Crippen molar-refractivity contribution >= 4 is 27.5 Å². The number of rotatable bonds is 9. The van der Waals surface area contributed by atoms with Crippen LogP contribution in [-0.2, 0) is 14.8 Å². The smallest absolute Gasteiger partial charge is 0.276 e. The topological polar surface area (TPSA) is 114 Å². The molecule has 0 bridgehead atoms. The Morgan fingerprint density at radius 1 is 0.824 bits per heavy atom. The molecule has 9 nitrogen and oxygen atoms in total. The molecule has 0 aliphatic carbocycles. The van der Waals surface area contributed by atoms with E-state index in [0.717, 1.165) is 4.31 Å². The zero-order chi connectivity index (χ0) is 24.6. The average molecular weight is 484 g/mol. The van der Waals surface area contributed by atoms with E-state index >= 15 is 0 Å². The van der Waals surface area contributed by atoms with Gasteiger partial charge in [0, 0.05) is 12.6 Å². The fourth-order valence-electron chi connectivity index (χ4n) is 2.94. The Bertz CT molecular complexity index is 1230. The molecule has 0 radical (unpaired) electrons. The van der Waals surface area contributed by atoms with Gasteiger partial charge in [0.1, 0.15) is 0 Å². The Morgan fingerprint density at radius 3 is 2.03 bits per heavy atom. The molecule has 0 unspecified atom stereocenters. The number of sulfonamides is 1. The number of anilines is 1. The highest BCUT2D eigenvalue weighted by molar-refractivity contribution is 7.92. The first-order valence-electron chi connectivity index (χ1n) is 10.4. The molecule has 0 fully saturated rings. The van der Waals surface area contributed by atoms with Crippen molar-refractivity contribution in [1.82, 2.24) is 10.9 Å². The second-order valence-electron chi connectivity index (χ2n) is 7.00. The molecule has 3 aromatic carbocycles. The van der Waals surface area contributed by atoms with Crippen molar-refractivity contribution in [2.24, 2.45) is 0 Å². The molecule has 0 saturated heterocycles. The average Bonchev–Trinajstić information content (AvgIpc) is 2.87. The van der Waals surface area contributed by atoms with Crippen LogP contribution >= 0.6 is 0 Å². The second kappa shape index (κ2) is 11.2. The first-order chi connectivity index (χ1) is 16.3. The number of amides is 2. The van der Waals surface area contributed by atoms with Crippen LogP contribution in [0.2, 0.25) is 0 Å². The summed E-state index contributed by atoms with van der Waals surface area (Å²) in [6, 6.07) is 21.0. The van der Waals surface area contributed by atoms with Crippen molar-refractivity contribution in [1.29, 1.82) is 0 Å². The first kappa shape index (κ1) is 24.6. The summed E-state index contributed by atoms with van der Waals surface area (Å²) >= 11 is 0. The summed E-state index contributed by atoms with van der Waals surface area (Å²) in [5, 5.41) is 0. The number of hydrogen-bond donors (Lipinski definition) is 2. The summed E-state index contributed by atoms with van der Waals surface area (Å²) in [7, 11) is -2.34. The van der Waals surface area contributed by atoms with Crippen LogP contribution < -0.4 is 24.6 Å². The fraction of sp³-hybridized carbons (Fsp3) is 0.167. The number of carbonyl (C=O) groups excluding carboxylic acids is 2. The molecule has 0 spiro atoms. The Balaban J connectivity index is 1.55. The molecular weight excluding hydrogens is 458 g/mol. The molecule has 2 N–H and O–H groups in total. The van der Waals surface area contributed by atoms with Gasteiger partial charge >= 0.3 is 0 Å². The molecule has 3 rings (SSSR count). The summed E-state index contributed by atoms with van der Waals surface area (Å²) in [5.41, 5.74) is 5.21. The standard InChI is InChI=1S/C24H25N3O6S/c1-3-32-21-11-7-8-12-22(21)33-17-23(28)25-26-24(29)18-13-15-20(16-14-18)34(30,31)27(2)19-9-5-4-6-10-19/h4-16H,3,17H2,1-2H3,(H,25,28)(H,26,29). The van der Waals surface area contributed by atoms with E-state index in [4.69, 9.17) is 9.47 Å². The van der Waals surface area contributed by atoms with Crippen LogP contribution in [0.1, 0.15) is 17.3 Å². The number of nitrogens with zero attached hydrogens (tertiary/aromatic N) is 1. The van der Waals surface area contributed by atoms with Gasteiger partial charge in [-0.15, -0.1) is 0 Å². The van der Waals surface area contributed by atoms with Gasteiger partial charge in [-0.05, 0) is 55.5 Å². The largest absolute Gasteiger partial charge is 0.490 e. The molecule has 0 aliphatic rings. The SMILES string of the molecule is CCOc1ccccc1OCC(=O)NNC(=O)c1ccc(S(=O)(=O)N(C)c2ccccc2)cc1. The van der Waals surface area contributed by atoms with Crippen molar-refractivity contribution in [3.05, 3.63) is 84.4 Å². The quantitative estimate of drug-likeness (QED) is 0.453. The van der Waals surface area contributed by atoms with E-state index in [2.05, 4.69) is 10.9 Å². The molecule has 0 atom stereocenters. The first-order valence-corrected chi connectivity index (χ1v) is 11.8. The monoisotopic (exact) mass is 483 g/mol. The maximum absolute atomic E-state index is 12.8. The number of carbonyl (C=O) groups is 2. The van der Waals surface area contributed by atoms with Crippen LogP contribution in [-0.4, -0.2) is 40.5 Å². The van der Waals surface area contributed by atoms with Crippen LogP contribution in [0, 0.1) is 0 Å². The Kier molecular flexibility index (Phi) is 8.10.